The molecule has 0 fully saturated rings. The fourth-order valence-electron chi connectivity index (χ4n) is 0.0289. The van der Waals surface area contributed by atoms with Crippen LogP contribution in [0.2, 0.25) is 0 Å². The Balaban J connectivity index is 0. The smallest absolute Gasteiger partial charge is 0.212 e. The maximum atomic E-state index is 7.54. The quantitative estimate of drug-likeness (QED) is 0.308. The van der Waals surface area contributed by atoms with E-state index in [4.69, 9.17) is 10.5 Å². The van der Waals surface area contributed by atoms with Gasteiger partial charge in [0.15, 0.2) is 0 Å². The molecular weight excluding hydrogens is 93.8 g/mol. The zero-order valence-corrected chi connectivity index (χ0v) is 4.59. The molecule has 2 nitrogen and oxygen atoms in total. The molecule has 6 heavy (non-hydrogen) atoms. The highest BCUT2D eigenvalue weighted by molar-refractivity contribution is 6.92. The first-order chi connectivity index (χ1) is 2.41. The molecule has 0 aromatic heterocycles. The van der Waals surface area contributed by atoms with Gasteiger partial charge in [0.05, 0.1) is 0 Å². The van der Waals surface area contributed by atoms with Crippen molar-refractivity contribution in [1.29, 1.82) is 10.5 Å². The Hall–Kier alpha value is -0.525. The summed E-state index contributed by atoms with van der Waals surface area (Å²) in [5, 5.41) is 15.1. The molecule has 0 aromatic rings. The van der Waals surface area contributed by atoms with Crippen LogP contribution in [0.4, 0.5) is 0 Å². The molecule has 1 radical (unpaired) electrons. The van der Waals surface area contributed by atoms with Crippen molar-refractivity contribution in [3.05, 3.63) is 0 Å². The summed E-state index contributed by atoms with van der Waals surface area (Å²) < 4.78 is 0. The zero-order valence-electron chi connectivity index (χ0n) is 3.18. The highest BCUT2D eigenvalue weighted by Gasteiger charge is 1.71. The van der Waals surface area contributed by atoms with E-state index in [0.717, 1.165) is 7.28 Å². The van der Waals surface area contributed by atoms with Gasteiger partial charge in [0, 0.05) is 11.9 Å². The average molecular weight is 96.8 g/mol. The van der Waals surface area contributed by atoms with E-state index in [1.807, 2.05) is 0 Å². The molecule has 0 saturated carbocycles. The summed E-state index contributed by atoms with van der Waals surface area (Å²) in [7, 11) is 0.861. The van der Waals surface area contributed by atoms with E-state index in [9.17, 15) is 0 Å². The second-order valence-corrected chi connectivity index (χ2v) is 0.403. The van der Waals surface area contributed by atoms with Gasteiger partial charge in [0.2, 0.25) is 0 Å². The Morgan fingerprint density at radius 3 is 1.50 bits per heavy atom. The molecule has 0 saturated heterocycles. The second kappa shape index (κ2) is 8.82. The molecular formula is C2H3BN2P. The number of nitriles is 2. The molecule has 1 unspecified atom stereocenters. The van der Waals surface area contributed by atoms with Crippen molar-refractivity contribution in [2.24, 2.45) is 0 Å². The van der Waals surface area contributed by atoms with Crippen LogP contribution in [0.15, 0.2) is 0 Å². The summed E-state index contributed by atoms with van der Waals surface area (Å²) in [5.41, 5.74) is 0. The van der Waals surface area contributed by atoms with Crippen LogP contribution in [0.5, 0.6) is 0 Å². The highest BCUT2D eigenvalue weighted by Crippen LogP contribution is 1.38. The van der Waals surface area contributed by atoms with E-state index in [2.05, 4.69) is 0 Å². The van der Waals surface area contributed by atoms with E-state index < -0.39 is 0 Å². The van der Waals surface area contributed by atoms with Crippen LogP contribution >= 0.6 is 9.90 Å². The van der Waals surface area contributed by atoms with Crippen LogP contribution in [0.3, 0.4) is 0 Å². The molecule has 4 heteroatoms. The van der Waals surface area contributed by atoms with E-state index in [-0.39, 0.29) is 9.90 Å². The summed E-state index contributed by atoms with van der Waals surface area (Å²) in [6.45, 7) is 0. The van der Waals surface area contributed by atoms with Crippen molar-refractivity contribution in [2.45, 2.75) is 0 Å². The Morgan fingerprint density at radius 1 is 1.17 bits per heavy atom. The highest BCUT2D eigenvalue weighted by atomic mass is 31.0. The largest absolute Gasteiger partial charge is 0.390 e. The minimum Gasteiger partial charge on any atom is -0.212 e. The van der Waals surface area contributed by atoms with Crippen molar-refractivity contribution in [3.8, 4) is 11.9 Å². The average Bonchev–Trinajstić information content (AvgIpc) is 1.41. The van der Waals surface area contributed by atoms with Gasteiger partial charge in [-0.3, -0.25) is 0 Å². The van der Waals surface area contributed by atoms with Gasteiger partial charge in [-0.2, -0.15) is 9.90 Å². The predicted octanol–water partition coefficient (Wildman–Crippen LogP) is -0.289. The molecule has 0 bridgehead atoms. The third-order valence-corrected chi connectivity index (χ3v) is 0.129. The molecule has 0 N–H and O–H groups in total. The zero-order chi connectivity index (χ0) is 4.12. The van der Waals surface area contributed by atoms with Gasteiger partial charge >= 0.3 is 7.28 Å². The third kappa shape index (κ3) is 9.78. The predicted molar refractivity (Wildman–Crippen MR) is 28.1 cm³/mol. The first kappa shape index (κ1) is 9.08. The fraction of sp³-hybridized carbons (Fsp3) is 0. The normalized spacial score (nSPS) is 3.00. The maximum Gasteiger partial charge on any atom is 0.390 e. The van der Waals surface area contributed by atoms with Crippen LogP contribution in [-0.2, 0) is 0 Å². The monoisotopic (exact) mass is 97.0 g/mol. The minimum atomic E-state index is 0. The molecule has 0 amide bonds. The lowest BCUT2D eigenvalue weighted by Crippen LogP contribution is -1.70. The van der Waals surface area contributed by atoms with Crippen LogP contribution in [0.1, 0.15) is 0 Å². The molecule has 1 atom stereocenters. The lowest BCUT2D eigenvalue weighted by molar-refractivity contribution is 1.55. The third-order valence-electron chi connectivity index (χ3n) is 0.129. The summed E-state index contributed by atoms with van der Waals surface area (Å²) in [4.78, 5) is 0. The van der Waals surface area contributed by atoms with Gasteiger partial charge in [-0.05, 0) is 0 Å². The number of nitrogens with zero attached hydrogens (tertiary/aromatic N) is 2. The number of hydrogen-bond acceptors (Lipinski definition) is 2. The standard InChI is InChI=1S/C2BN2.H3P/c4-1-3-2-5;/h;1H3. The first-order valence-corrected chi connectivity index (χ1v) is 1.02. The Kier molecular flexibility index (Phi) is 13.3. The van der Waals surface area contributed by atoms with Crippen molar-refractivity contribution in [3.63, 3.8) is 0 Å². The number of hydrogen-bond donors (Lipinski definition) is 0. The van der Waals surface area contributed by atoms with E-state index in [0.29, 0.717) is 0 Å². The van der Waals surface area contributed by atoms with Crippen molar-refractivity contribution in [2.75, 3.05) is 0 Å². The van der Waals surface area contributed by atoms with Crippen LogP contribution < -0.4 is 0 Å². The molecule has 0 aliphatic heterocycles. The molecule has 0 heterocycles. The van der Waals surface area contributed by atoms with Gasteiger partial charge in [0.25, 0.3) is 0 Å². The Labute approximate surface area is 40.6 Å². The van der Waals surface area contributed by atoms with Gasteiger partial charge in [0.1, 0.15) is 0 Å². The number of rotatable bonds is 0. The summed E-state index contributed by atoms with van der Waals surface area (Å²) in [5.74, 6) is 3.06. The molecule has 29 valence electrons. The van der Waals surface area contributed by atoms with Gasteiger partial charge in [-0.15, -0.1) is 0 Å². The van der Waals surface area contributed by atoms with E-state index in [1.165, 1.54) is 11.9 Å². The van der Waals surface area contributed by atoms with Gasteiger partial charge in [-0.1, -0.05) is 0 Å². The summed E-state index contributed by atoms with van der Waals surface area (Å²) in [6.07, 6.45) is 0. The maximum absolute atomic E-state index is 7.54. The van der Waals surface area contributed by atoms with E-state index in [1.54, 1.807) is 0 Å². The van der Waals surface area contributed by atoms with Crippen LogP contribution in [0.25, 0.3) is 0 Å². The molecule has 0 aromatic carbocycles. The molecule has 0 spiro atoms. The molecule has 0 aliphatic carbocycles. The van der Waals surface area contributed by atoms with Crippen molar-refractivity contribution >= 4 is 17.2 Å². The van der Waals surface area contributed by atoms with Gasteiger partial charge in [-0.25, -0.2) is 10.5 Å². The van der Waals surface area contributed by atoms with Gasteiger partial charge < -0.3 is 0 Å². The van der Waals surface area contributed by atoms with E-state index >= 15 is 0 Å². The van der Waals surface area contributed by atoms with Crippen molar-refractivity contribution in [1.82, 2.24) is 0 Å². The summed E-state index contributed by atoms with van der Waals surface area (Å²) >= 11 is 0. The minimum absolute atomic E-state index is 0. The topological polar surface area (TPSA) is 47.6 Å². The first-order valence-electron chi connectivity index (χ1n) is 1.02. The fourth-order valence-corrected chi connectivity index (χ4v) is 0.0289. The van der Waals surface area contributed by atoms with Crippen LogP contribution in [-0.4, -0.2) is 7.28 Å². The lowest BCUT2D eigenvalue weighted by Gasteiger charge is -1.39. The molecule has 0 rings (SSSR count). The molecule has 0 aliphatic rings. The Morgan fingerprint density at radius 2 is 1.50 bits per heavy atom. The summed E-state index contributed by atoms with van der Waals surface area (Å²) in [6, 6.07) is 0. The second-order valence-electron chi connectivity index (χ2n) is 0.403. The van der Waals surface area contributed by atoms with Crippen LogP contribution in [0, 0.1) is 22.5 Å². The SMILES string of the molecule is N#C[B]C#N.P. The Bertz CT molecular complexity index is 76.7. The lowest BCUT2D eigenvalue weighted by atomic mass is 9.85. The van der Waals surface area contributed by atoms with Crippen molar-refractivity contribution < 1.29 is 0 Å².